The summed E-state index contributed by atoms with van der Waals surface area (Å²) in [5.41, 5.74) is -0.512. The van der Waals surface area contributed by atoms with E-state index in [0.717, 1.165) is 18.9 Å². The molecule has 2 fully saturated rings. The highest BCUT2D eigenvalue weighted by Gasteiger charge is 2.44. The Morgan fingerprint density at radius 1 is 1.07 bits per heavy atom. The molecule has 1 aromatic carbocycles. The fraction of sp³-hybridized carbons (Fsp3) is 0.400. The van der Waals surface area contributed by atoms with E-state index in [1.807, 2.05) is 4.90 Å². The number of halogens is 4. The SMILES string of the molecule is O=C(N[C@H]1CC[C@@H]2CN(c3cccc(C(F)(F)F)n3)C[C@@H]21)c1ccc(F)cc1. The van der Waals surface area contributed by atoms with Gasteiger partial charge in [0.15, 0.2) is 0 Å². The molecule has 4 nitrogen and oxygen atoms in total. The van der Waals surface area contributed by atoms with E-state index in [2.05, 4.69) is 10.3 Å². The van der Waals surface area contributed by atoms with Crippen LogP contribution in [-0.2, 0) is 6.18 Å². The van der Waals surface area contributed by atoms with Gasteiger partial charge in [0.1, 0.15) is 17.3 Å². The van der Waals surface area contributed by atoms with Crippen LogP contribution < -0.4 is 10.2 Å². The number of amides is 1. The number of carbonyl (C=O) groups excluding carboxylic acids is 1. The van der Waals surface area contributed by atoms with Crippen molar-refractivity contribution in [3.05, 3.63) is 59.5 Å². The molecule has 2 aromatic rings. The van der Waals surface area contributed by atoms with E-state index in [-0.39, 0.29) is 17.9 Å². The molecule has 0 unspecified atom stereocenters. The lowest BCUT2D eigenvalue weighted by atomic mass is 9.97. The van der Waals surface area contributed by atoms with E-state index in [4.69, 9.17) is 0 Å². The van der Waals surface area contributed by atoms with Crippen LogP contribution in [0.15, 0.2) is 42.5 Å². The van der Waals surface area contributed by atoms with Gasteiger partial charge in [-0.1, -0.05) is 6.07 Å². The Hall–Kier alpha value is -2.64. The Bertz CT molecular complexity index is 868. The minimum Gasteiger partial charge on any atom is -0.356 e. The molecule has 148 valence electrons. The first-order valence-corrected chi connectivity index (χ1v) is 9.17. The third-order valence-electron chi connectivity index (χ3n) is 5.63. The highest BCUT2D eigenvalue weighted by Crippen LogP contribution is 2.40. The molecule has 0 spiro atoms. The van der Waals surface area contributed by atoms with Crippen molar-refractivity contribution < 1.29 is 22.4 Å². The summed E-state index contributed by atoms with van der Waals surface area (Å²) in [5.74, 6) is 0.0993. The van der Waals surface area contributed by atoms with E-state index in [1.54, 1.807) is 6.07 Å². The largest absolute Gasteiger partial charge is 0.433 e. The summed E-state index contributed by atoms with van der Waals surface area (Å²) >= 11 is 0. The normalized spacial score (nSPS) is 24.3. The lowest BCUT2D eigenvalue weighted by molar-refractivity contribution is -0.141. The summed E-state index contributed by atoms with van der Waals surface area (Å²) in [6.45, 7) is 1.18. The number of rotatable bonds is 3. The molecule has 1 saturated carbocycles. The van der Waals surface area contributed by atoms with Gasteiger partial charge in [0.05, 0.1) is 0 Å². The second-order valence-electron chi connectivity index (χ2n) is 7.37. The third kappa shape index (κ3) is 3.68. The number of alkyl halides is 3. The van der Waals surface area contributed by atoms with Gasteiger partial charge in [-0.05, 0) is 55.2 Å². The second-order valence-corrected chi connectivity index (χ2v) is 7.37. The minimum atomic E-state index is -4.47. The molecule has 4 rings (SSSR count). The molecule has 0 bridgehead atoms. The van der Waals surface area contributed by atoms with Crippen molar-refractivity contribution in [3.63, 3.8) is 0 Å². The van der Waals surface area contributed by atoms with Gasteiger partial charge in [0, 0.05) is 30.6 Å². The molecule has 3 atom stereocenters. The van der Waals surface area contributed by atoms with Crippen molar-refractivity contribution in [3.8, 4) is 0 Å². The molecule has 0 radical (unpaired) electrons. The monoisotopic (exact) mass is 393 g/mol. The van der Waals surface area contributed by atoms with Crippen LogP contribution in [0.4, 0.5) is 23.4 Å². The maximum absolute atomic E-state index is 13.0. The number of hydrogen-bond donors (Lipinski definition) is 1. The molecule has 1 aromatic heterocycles. The number of benzene rings is 1. The Kier molecular flexibility index (Phi) is 4.72. The maximum Gasteiger partial charge on any atom is 0.433 e. The Morgan fingerprint density at radius 3 is 2.54 bits per heavy atom. The molecule has 8 heteroatoms. The topological polar surface area (TPSA) is 45.2 Å². The van der Waals surface area contributed by atoms with E-state index in [0.29, 0.717) is 30.4 Å². The van der Waals surface area contributed by atoms with Crippen LogP contribution in [0.1, 0.15) is 28.9 Å². The molecule has 1 aliphatic heterocycles. The average molecular weight is 393 g/mol. The van der Waals surface area contributed by atoms with Crippen LogP contribution in [0.3, 0.4) is 0 Å². The lowest BCUT2D eigenvalue weighted by Gasteiger charge is -2.23. The van der Waals surface area contributed by atoms with Crippen molar-refractivity contribution in [1.29, 1.82) is 0 Å². The number of aromatic nitrogens is 1. The molecule has 1 aliphatic carbocycles. The van der Waals surface area contributed by atoms with Gasteiger partial charge in [-0.15, -0.1) is 0 Å². The van der Waals surface area contributed by atoms with Crippen LogP contribution in [-0.4, -0.2) is 30.0 Å². The van der Waals surface area contributed by atoms with Crippen molar-refractivity contribution in [2.45, 2.75) is 25.1 Å². The van der Waals surface area contributed by atoms with E-state index >= 15 is 0 Å². The molecule has 2 heterocycles. The predicted molar refractivity (Wildman–Crippen MR) is 95.3 cm³/mol. The van der Waals surface area contributed by atoms with Crippen LogP contribution in [0.2, 0.25) is 0 Å². The number of anilines is 1. The first-order chi connectivity index (χ1) is 13.3. The van der Waals surface area contributed by atoms with E-state index in [9.17, 15) is 22.4 Å². The van der Waals surface area contributed by atoms with E-state index in [1.165, 1.54) is 30.3 Å². The number of hydrogen-bond acceptors (Lipinski definition) is 3. The smallest absolute Gasteiger partial charge is 0.356 e. The van der Waals surface area contributed by atoms with Crippen LogP contribution >= 0.6 is 0 Å². The number of nitrogens with zero attached hydrogens (tertiary/aromatic N) is 2. The number of nitrogens with one attached hydrogen (secondary N) is 1. The average Bonchev–Trinajstić information content (AvgIpc) is 3.24. The van der Waals surface area contributed by atoms with Crippen LogP contribution in [0, 0.1) is 17.7 Å². The minimum absolute atomic E-state index is 0.0571. The Morgan fingerprint density at radius 2 is 1.82 bits per heavy atom. The zero-order valence-corrected chi connectivity index (χ0v) is 14.9. The molecular weight excluding hydrogens is 374 g/mol. The fourth-order valence-electron chi connectivity index (χ4n) is 4.24. The van der Waals surface area contributed by atoms with Crippen molar-refractivity contribution in [2.75, 3.05) is 18.0 Å². The van der Waals surface area contributed by atoms with Crippen molar-refractivity contribution >= 4 is 11.7 Å². The lowest BCUT2D eigenvalue weighted by Crippen LogP contribution is -2.39. The quantitative estimate of drug-likeness (QED) is 0.805. The van der Waals surface area contributed by atoms with Gasteiger partial charge in [0.2, 0.25) is 0 Å². The number of fused-ring (bicyclic) bond motifs is 1. The molecular formula is C20H19F4N3O. The molecule has 1 N–H and O–H groups in total. The highest BCUT2D eigenvalue weighted by molar-refractivity contribution is 5.94. The summed E-state index contributed by atoms with van der Waals surface area (Å²) in [4.78, 5) is 18.1. The summed E-state index contributed by atoms with van der Waals surface area (Å²) in [6, 6.07) is 9.21. The molecule has 1 amide bonds. The Balaban J connectivity index is 1.44. The molecule has 2 aliphatic rings. The molecule has 28 heavy (non-hydrogen) atoms. The standard InChI is InChI=1S/C20H19F4N3O/c21-14-7-4-12(5-8-14)19(28)25-16-9-6-13-10-27(11-15(13)16)18-3-1-2-17(26-18)20(22,23)24/h1-5,7-8,13,15-16H,6,9-11H2,(H,25,28)/t13-,15+,16+/m1/s1. The first-order valence-electron chi connectivity index (χ1n) is 9.17. The summed E-state index contributed by atoms with van der Waals surface area (Å²) in [6.07, 6.45) is -2.75. The van der Waals surface area contributed by atoms with Crippen molar-refractivity contribution in [2.24, 2.45) is 11.8 Å². The van der Waals surface area contributed by atoms with Gasteiger partial charge in [-0.3, -0.25) is 4.79 Å². The summed E-state index contributed by atoms with van der Waals surface area (Å²) < 4.78 is 51.8. The Labute approximate surface area is 159 Å². The van der Waals surface area contributed by atoms with Gasteiger partial charge in [0.25, 0.3) is 5.91 Å². The number of pyridine rings is 1. The fourth-order valence-corrected chi connectivity index (χ4v) is 4.24. The first kappa shape index (κ1) is 18.7. The second kappa shape index (κ2) is 7.07. The zero-order valence-electron chi connectivity index (χ0n) is 14.9. The highest BCUT2D eigenvalue weighted by atomic mass is 19.4. The van der Waals surface area contributed by atoms with Gasteiger partial charge < -0.3 is 10.2 Å². The van der Waals surface area contributed by atoms with E-state index < -0.39 is 17.7 Å². The van der Waals surface area contributed by atoms with Crippen molar-refractivity contribution in [1.82, 2.24) is 10.3 Å². The van der Waals surface area contributed by atoms with Gasteiger partial charge in [-0.25, -0.2) is 9.37 Å². The third-order valence-corrected chi connectivity index (χ3v) is 5.63. The zero-order chi connectivity index (χ0) is 19.9. The molecule has 1 saturated heterocycles. The summed E-state index contributed by atoms with van der Waals surface area (Å²) in [5, 5.41) is 3.01. The van der Waals surface area contributed by atoms with Crippen LogP contribution in [0.25, 0.3) is 0 Å². The van der Waals surface area contributed by atoms with Crippen LogP contribution in [0.5, 0.6) is 0 Å². The summed E-state index contributed by atoms with van der Waals surface area (Å²) in [7, 11) is 0. The maximum atomic E-state index is 13.0. The predicted octanol–water partition coefficient (Wildman–Crippen LogP) is 3.88. The van der Waals surface area contributed by atoms with Gasteiger partial charge >= 0.3 is 6.18 Å². The number of carbonyl (C=O) groups is 1. The van der Waals surface area contributed by atoms with Gasteiger partial charge in [-0.2, -0.15) is 13.2 Å².